The van der Waals surface area contributed by atoms with Gasteiger partial charge < -0.3 is 9.84 Å². The van der Waals surface area contributed by atoms with Crippen LogP contribution in [0.3, 0.4) is 0 Å². The van der Waals surface area contributed by atoms with E-state index in [1.165, 1.54) is 37.8 Å². The molecule has 1 aromatic carbocycles. The Morgan fingerprint density at radius 1 is 1.25 bits per heavy atom. The Kier molecular flexibility index (Phi) is 7.59. The van der Waals surface area contributed by atoms with Gasteiger partial charge in [-0.15, -0.1) is 0 Å². The molecular weight excluding hydrogens is 327 g/mol. The van der Waals surface area contributed by atoms with Crippen LogP contribution in [0.2, 0.25) is 0 Å². The summed E-state index contributed by atoms with van der Waals surface area (Å²) in [4.78, 5) is 10.8. The van der Waals surface area contributed by atoms with Crippen molar-refractivity contribution in [1.82, 2.24) is 0 Å². The molecule has 0 spiro atoms. The van der Waals surface area contributed by atoms with Gasteiger partial charge in [0.15, 0.2) is 11.6 Å². The molecule has 0 saturated carbocycles. The van der Waals surface area contributed by atoms with Crippen molar-refractivity contribution < 1.29 is 19.0 Å². The SMILES string of the molecule is CCCCCCCCOc1ccc(C(=O)O)c(Br)c1F. The second kappa shape index (κ2) is 8.95. The van der Waals surface area contributed by atoms with Crippen molar-refractivity contribution in [2.45, 2.75) is 45.4 Å². The largest absolute Gasteiger partial charge is 0.490 e. The molecule has 1 rings (SSSR count). The third kappa shape index (κ3) is 5.12. The van der Waals surface area contributed by atoms with E-state index in [1.54, 1.807) is 0 Å². The number of ether oxygens (including phenoxy) is 1. The molecule has 20 heavy (non-hydrogen) atoms. The number of aromatic carboxylic acids is 1. The molecule has 0 fully saturated rings. The smallest absolute Gasteiger partial charge is 0.336 e. The Bertz CT molecular complexity index is 449. The van der Waals surface area contributed by atoms with Gasteiger partial charge in [-0.1, -0.05) is 39.0 Å². The number of carboxylic acid groups (broad SMARTS) is 1. The lowest BCUT2D eigenvalue weighted by atomic mass is 10.1. The highest BCUT2D eigenvalue weighted by molar-refractivity contribution is 9.10. The number of hydrogen-bond acceptors (Lipinski definition) is 2. The van der Waals surface area contributed by atoms with Crippen molar-refractivity contribution in [3.8, 4) is 5.75 Å². The molecule has 0 aromatic heterocycles. The van der Waals surface area contributed by atoms with E-state index in [1.807, 2.05) is 0 Å². The zero-order valence-corrected chi connectivity index (χ0v) is 13.2. The molecule has 0 heterocycles. The molecular formula is C15H20BrFO3. The minimum Gasteiger partial charge on any atom is -0.490 e. The van der Waals surface area contributed by atoms with E-state index in [2.05, 4.69) is 22.9 Å². The molecule has 0 bridgehead atoms. The summed E-state index contributed by atoms with van der Waals surface area (Å²) in [6.07, 6.45) is 6.80. The predicted molar refractivity (Wildman–Crippen MR) is 79.9 cm³/mol. The number of unbranched alkanes of at least 4 members (excludes halogenated alkanes) is 5. The number of halogens is 2. The van der Waals surface area contributed by atoms with Crippen LogP contribution in [0.1, 0.15) is 55.8 Å². The predicted octanol–water partition coefficient (Wildman–Crippen LogP) is 5.03. The van der Waals surface area contributed by atoms with Crippen LogP contribution < -0.4 is 4.74 Å². The van der Waals surface area contributed by atoms with E-state index in [4.69, 9.17) is 9.84 Å². The molecule has 112 valence electrons. The molecule has 5 heteroatoms. The standard InChI is InChI=1S/C15H20BrFO3/c1-2-3-4-5-6-7-10-20-12-9-8-11(15(18)19)13(16)14(12)17/h8-9H,2-7,10H2,1H3,(H,18,19). The Morgan fingerprint density at radius 3 is 2.55 bits per heavy atom. The second-order valence-corrected chi connectivity index (χ2v) is 5.45. The molecule has 1 N–H and O–H groups in total. The summed E-state index contributed by atoms with van der Waals surface area (Å²) in [6, 6.07) is 2.70. The number of carbonyl (C=O) groups is 1. The molecule has 0 aliphatic rings. The maximum absolute atomic E-state index is 13.9. The average Bonchev–Trinajstić information content (AvgIpc) is 2.42. The summed E-state index contributed by atoms with van der Waals surface area (Å²) in [5, 5.41) is 8.86. The van der Waals surface area contributed by atoms with Crippen molar-refractivity contribution >= 4 is 21.9 Å². The fourth-order valence-corrected chi connectivity index (χ4v) is 2.37. The quantitative estimate of drug-likeness (QED) is 0.638. The first-order chi connectivity index (χ1) is 9.57. The van der Waals surface area contributed by atoms with Gasteiger partial charge in [-0.2, -0.15) is 0 Å². The van der Waals surface area contributed by atoms with E-state index in [-0.39, 0.29) is 15.8 Å². The van der Waals surface area contributed by atoms with Crippen LogP contribution in [0.5, 0.6) is 5.75 Å². The molecule has 1 aromatic rings. The average molecular weight is 347 g/mol. The highest BCUT2D eigenvalue weighted by Crippen LogP contribution is 2.28. The van der Waals surface area contributed by atoms with E-state index in [9.17, 15) is 9.18 Å². The minimum absolute atomic E-state index is 0.0644. The lowest BCUT2D eigenvalue weighted by molar-refractivity contribution is 0.0695. The maximum atomic E-state index is 13.9. The molecule has 0 atom stereocenters. The second-order valence-electron chi connectivity index (χ2n) is 4.66. The van der Waals surface area contributed by atoms with Crippen molar-refractivity contribution in [2.24, 2.45) is 0 Å². The summed E-state index contributed by atoms with van der Waals surface area (Å²) in [5.41, 5.74) is -0.102. The van der Waals surface area contributed by atoms with Gasteiger partial charge in [-0.3, -0.25) is 0 Å². The lowest BCUT2D eigenvalue weighted by Gasteiger charge is -2.09. The van der Waals surface area contributed by atoms with Crippen LogP contribution >= 0.6 is 15.9 Å². The molecule has 0 aliphatic heterocycles. The van der Waals surface area contributed by atoms with Crippen LogP contribution in [-0.4, -0.2) is 17.7 Å². The number of rotatable bonds is 9. The zero-order chi connectivity index (χ0) is 15.0. The van der Waals surface area contributed by atoms with Gasteiger partial charge in [0.1, 0.15) is 0 Å². The number of hydrogen-bond donors (Lipinski definition) is 1. The van der Waals surface area contributed by atoms with E-state index in [0.29, 0.717) is 6.61 Å². The van der Waals surface area contributed by atoms with Crippen molar-refractivity contribution in [2.75, 3.05) is 6.61 Å². The van der Waals surface area contributed by atoms with Gasteiger partial charge in [-0.25, -0.2) is 9.18 Å². The van der Waals surface area contributed by atoms with Gasteiger partial charge >= 0.3 is 5.97 Å². The molecule has 0 aliphatic carbocycles. The third-order valence-electron chi connectivity index (χ3n) is 3.03. The number of carboxylic acids is 1. The van der Waals surface area contributed by atoms with Crippen molar-refractivity contribution in [3.05, 3.63) is 28.0 Å². The Balaban J connectivity index is 2.41. The lowest BCUT2D eigenvalue weighted by Crippen LogP contribution is -2.03. The summed E-state index contributed by atoms with van der Waals surface area (Å²) < 4.78 is 19.2. The van der Waals surface area contributed by atoms with Crippen LogP contribution in [0, 0.1) is 5.82 Å². The Labute approximate surface area is 127 Å². The first-order valence-corrected chi connectivity index (χ1v) is 7.71. The summed E-state index contributed by atoms with van der Waals surface area (Å²) in [7, 11) is 0. The number of benzene rings is 1. The summed E-state index contributed by atoms with van der Waals surface area (Å²) in [6.45, 7) is 2.62. The van der Waals surface area contributed by atoms with E-state index in [0.717, 1.165) is 12.8 Å². The monoisotopic (exact) mass is 346 g/mol. The first kappa shape index (κ1) is 17.0. The highest BCUT2D eigenvalue weighted by Gasteiger charge is 2.16. The fourth-order valence-electron chi connectivity index (χ4n) is 1.87. The summed E-state index contributed by atoms with van der Waals surface area (Å²) >= 11 is 2.95. The van der Waals surface area contributed by atoms with Gasteiger partial charge in [0.2, 0.25) is 0 Å². The minimum atomic E-state index is -1.17. The Morgan fingerprint density at radius 2 is 1.90 bits per heavy atom. The Hall–Kier alpha value is -1.10. The van der Waals surface area contributed by atoms with Gasteiger partial charge in [0.25, 0.3) is 0 Å². The summed E-state index contributed by atoms with van der Waals surface area (Å²) in [5.74, 6) is -1.73. The molecule has 3 nitrogen and oxygen atoms in total. The van der Waals surface area contributed by atoms with Gasteiger partial charge in [0.05, 0.1) is 16.6 Å². The first-order valence-electron chi connectivity index (χ1n) is 6.92. The van der Waals surface area contributed by atoms with Crippen LogP contribution in [0.15, 0.2) is 16.6 Å². The van der Waals surface area contributed by atoms with Gasteiger partial charge in [-0.05, 0) is 34.5 Å². The van der Waals surface area contributed by atoms with E-state index >= 15 is 0 Å². The van der Waals surface area contributed by atoms with Crippen LogP contribution in [0.25, 0.3) is 0 Å². The molecule has 0 amide bonds. The highest BCUT2D eigenvalue weighted by atomic mass is 79.9. The van der Waals surface area contributed by atoms with Crippen molar-refractivity contribution in [3.63, 3.8) is 0 Å². The van der Waals surface area contributed by atoms with E-state index < -0.39 is 11.8 Å². The zero-order valence-electron chi connectivity index (χ0n) is 11.6. The molecule has 0 radical (unpaired) electrons. The fraction of sp³-hybridized carbons (Fsp3) is 0.533. The maximum Gasteiger partial charge on any atom is 0.336 e. The third-order valence-corrected chi connectivity index (χ3v) is 3.81. The van der Waals surface area contributed by atoms with Crippen LogP contribution in [0.4, 0.5) is 4.39 Å². The van der Waals surface area contributed by atoms with Crippen LogP contribution in [-0.2, 0) is 0 Å². The van der Waals surface area contributed by atoms with Crippen molar-refractivity contribution in [1.29, 1.82) is 0 Å². The molecule has 0 unspecified atom stereocenters. The topological polar surface area (TPSA) is 46.5 Å². The molecule has 0 saturated heterocycles. The normalized spacial score (nSPS) is 10.6. The van der Waals surface area contributed by atoms with Gasteiger partial charge in [0, 0.05) is 0 Å².